The molecule has 4 saturated carbocycles. The SMILES string of the molecule is C(=N\C12CC3CC(CC(C3)C1)C2)/c1nc2c(-c3ccccc3)ccc(-c3ccccc3)c2[nH]1. The number of H-pyrrole nitrogens is 1. The molecular weight excluding hydrogens is 402 g/mol. The van der Waals surface area contributed by atoms with Crippen molar-refractivity contribution >= 4 is 17.2 Å². The average Bonchev–Trinajstić information content (AvgIpc) is 3.27. The zero-order valence-corrected chi connectivity index (χ0v) is 18.9. The monoisotopic (exact) mass is 431 g/mol. The summed E-state index contributed by atoms with van der Waals surface area (Å²) in [4.78, 5) is 14.0. The van der Waals surface area contributed by atoms with E-state index in [2.05, 4.69) is 84.0 Å². The van der Waals surface area contributed by atoms with Crippen molar-refractivity contribution in [2.75, 3.05) is 0 Å². The van der Waals surface area contributed by atoms with Crippen LogP contribution in [0.1, 0.15) is 44.3 Å². The summed E-state index contributed by atoms with van der Waals surface area (Å²) in [6.07, 6.45) is 10.2. The van der Waals surface area contributed by atoms with Gasteiger partial charge < -0.3 is 4.98 Å². The highest BCUT2D eigenvalue weighted by atomic mass is 15.0. The van der Waals surface area contributed by atoms with E-state index >= 15 is 0 Å². The Morgan fingerprint density at radius 3 is 1.88 bits per heavy atom. The molecule has 0 atom stereocenters. The minimum Gasteiger partial charge on any atom is -0.337 e. The first kappa shape index (κ1) is 19.3. The molecule has 1 N–H and O–H groups in total. The maximum absolute atomic E-state index is 5.27. The molecule has 4 aliphatic rings. The van der Waals surface area contributed by atoms with Crippen molar-refractivity contribution in [2.24, 2.45) is 22.7 Å². The van der Waals surface area contributed by atoms with Crippen molar-refractivity contribution in [3.05, 3.63) is 78.6 Å². The van der Waals surface area contributed by atoms with Crippen LogP contribution in [0.25, 0.3) is 33.3 Å². The fourth-order valence-corrected chi connectivity index (χ4v) is 7.30. The third kappa shape index (κ3) is 3.33. The summed E-state index contributed by atoms with van der Waals surface area (Å²) < 4.78 is 0. The van der Waals surface area contributed by atoms with Gasteiger partial charge in [0.25, 0.3) is 0 Å². The molecule has 4 aliphatic carbocycles. The Hall–Kier alpha value is -3.20. The lowest BCUT2D eigenvalue weighted by Gasteiger charge is -2.54. The molecule has 0 spiro atoms. The number of benzene rings is 3. The first-order valence-corrected chi connectivity index (χ1v) is 12.4. The average molecular weight is 432 g/mol. The van der Waals surface area contributed by atoms with E-state index in [9.17, 15) is 0 Å². The van der Waals surface area contributed by atoms with Gasteiger partial charge in [-0.1, -0.05) is 72.8 Å². The van der Waals surface area contributed by atoms with Crippen LogP contribution in [-0.4, -0.2) is 21.7 Å². The van der Waals surface area contributed by atoms with Crippen LogP contribution >= 0.6 is 0 Å². The molecule has 3 aromatic carbocycles. The maximum atomic E-state index is 5.27. The molecule has 3 heteroatoms. The molecule has 0 aliphatic heterocycles. The van der Waals surface area contributed by atoms with Gasteiger partial charge in [0.15, 0.2) is 0 Å². The Labute approximate surface area is 195 Å². The van der Waals surface area contributed by atoms with Crippen LogP contribution in [0.15, 0.2) is 77.8 Å². The van der Waals surface area contributed by atoms with E-state index in [0.29, 0.717) is 0 Å². The summed E-state index contributed by atoms with van der Waals surface area (Å²) in [5.74, 6) is 3.58. The van der Waals surface area contributed by atoms with Crippen LogP contribution in [-0.2, 0) is 0 Å². The van der Waals surface area contributed by atoms with E-state index in [-0.39, 0.29) is 5.54 Å². The minimum absolute atomic E-state index is 0.165. The topological polar surface area (TPSA) is 41.0 Å². The molecule has 3 nitrogen and oxygen atoms in total. The van der Waals surface area contributed by atoms with Gasteiger partial charge in [0.1, 0.15) is 5.82 Å². The van der Waals surface area contributed by atoms with Crippen molar-refractivity contribution in [3.8, 4) is 22.3 Å². The zero-order valence-electron chi connectivity index (χ0n) is 18.9. The smallest absolute Gasteiger partial charge is 0.149 e. The third-order valence-electron chi connectivity index (χ3n) is 8.30. The summed E-state index contributed by atoms with van der Waals surface area (Å²) in [5, 5.41) is 0. The van der Waals surface area contributed by atoms with Gasteiger partial charge in [-0.25, -0.2) is 4.98 Å². The summed E-state index contributed by atoms with van der Waals surface area (Å²) in [5.41, 5.74) is 7.03. The summed E-state index contributed by atoms with van der Waals surface area (Å²) >= 11 is 0. The number of rotatable bonds is 4. The highest BCUT2D eigenvalue weighted by molar-refractivity contribution is 6.02. The van der Waals surface area contributed by atoms with Gasteiger partial charge >= 0.3 is 0 Å². The molecule has 1 aromatic heterocycles. The highest BCUT2D eigenvalue weighted by Gasteiger charge is 2.50. The lowest BCUT2D eigenvalue weighted by molar-refractivity contribution is 0.00193. The molecule has 4 aromatic rings. The largest absolute Gasteiger partial charge is 0.337 e. The number of aromatic nitrogens is 2. The van der Waals surface area contributed by atoms with E-state index in [1.165, 1.54) is 55.2 Å². The summed E-state index contributed by atoms with van der Waals surface area (Å²) in [7, 11) is 0. The van der Waals surface area contributed by atoms with Crippen LogP contribution in [0, 0.1) is 17.8 Å². The fourth-order valence-electron chi connectivity index (χ4n) is 7.30. The van der Waals surface area contributed by atoms with Crippen molar-refractivity contribution in [1.29, 1.82) is 0 Å². The Bertz CT molecular complexity index is 1220. The van der Waals surface area contributed by atoms with Crippen LogP contribution in [0.5, 0.6) is 0 Å². The molecule has 4 fully saturated rings. The predicted molar refractivity (Wildman–Crippen MR) is 135 cm³/mol. The summed E-state index contributed by atoms with van der Waals surface area (Å²) in [6, 6.07) is 25.6. The Balaban J connectivity index is 1.33. The van der Waals surface area contributed by atoms with Gasteiger partial charge in [-0.15, -0.1) is 0 Å². The van der Waals surface area contributed by atoms with Gasteiger partial charge in [0.2, 0.25) is 0 Å². The van der Waals surface area contributed by atoms with Crippen LogP contribution in [0.2, 0.25) is 0 Å². The molecule has 164 valence electrons. The first-order valence-electron chi connectivity index (χ1n) is 12.4. The van der Waals surface area contributed by atoms with E-state index in [1.807, 2.05) is 0 Å². The minimum atomic E-state index is 0.165. The maximum Gasteiger partial charge on any atom is 0.149 e. The number of fused-ring (bicyclic) bond motifs is 1. The summed E-state index contributed by atoms with van der Waals surface area (Å²) in [6.45, 7) is 0. The second-order valence-electron chi connectivity index (χ2n) is 10.6. The van der Waals surface area contributed by atoms with Crippen molar-refractivity contribution in [3.63, 3.8) is 0 Å². The van der Waals surface area contributed by atoms with E-state index in [4.69, 9.17) is 9.98 Å². The number of hydrogen-bond donors (Lipinski definition) is 1. The molecule has 1 heterocycles. The number of aliphatic imine (C=N–C) groups is 1. The Morgan fingerprint density at radius 1 is 0.727 bits per heavy atom. The lowest BCUT2D eigenvalue weighted by atomic mass is 9.53. The molecule has 0 radical (unpaired) electrons. The van der Waals surface area contributed by atoms with Gasteiger partial charge in [0, 0.05) is 11.1 Å². The highest BCUT2D eigenvalue weighted by Crippen LogP contribution is 2.57. The van der Waals surface area contributed by atoms with Crippen molar-refractivity contribution in [2.45, 2.75) is 44.1 Å². The molecule has 8 rings (SSSR count). The van der Waals surface area contributed by atoms with Crippen LogP contribution in [0.3, 0.4) is 0 Å². The first-order chi connectivity index (χ1) is 16.2. The predicted octanol–water partition coefficient (Wildman–Crippen LogP) is 7.28. The van der Waals surface area contributed by atoms with Crippen molar-refractivity contribution in [1.82, 2.24) is 9.97 Å². The molecule has 0 saturated heterocycles. The molecule has 0 amide bonds. The van der Waals surface area contributed by atoms with Gasteiger partial charge in [-0.2, -0.15) is 0 Å². The quantitative estimate of drug-likeness (QED) is 0.339. The molecule has 33 heavy (non-hydrogen) atoms. The van der Waals surface area contributed by atoms with E-state index in [1.54, 1.807) is 0 Å². The Morgan fingerprint density at radius 2 is 1.27 bits per heavy atom. The number of aromatic amines is 1. The van der Waals surface area contributed by atoms with Crippen molar-refractivity contribution < 1.29 is 0 Å². The lowest BCUT2D eigenvalue weighted by Crippen LogP contribution is -2.49. The Kier molecular flexibility index (Phi) is 4.33. The molecule has 4 bridgehead atoms. The van der Waals surface area contributed by atoms with Crippen LogP contribution < -0.4 is 0 Å². The second-order valence-corrected chi connectivity index (χ2v) is 10.6. The van der Waals surface area contributed by atoms with Gasteiger partial charge in [0.05, 0.1) is 22.8 Å². The number of imidazole rings is 1. The number of nitrogens with one attached hydrogen (secondary N) is 1. The van der Waals surface area contributed by atoms with E-state index in [0.717, 1.165) is 40.2 Å². The molecular formula is C30H29N3. The van der Waals surface area contributed by atoms with Gasteiger partial charge in [-0.3, -0.25) is 4.99 Å². The fraction of sp³-hybridized carbons (Fsp3) is 0.333. The normalized spacial score (nSPS) is 28.2. The third-order valence-corrected chi connectivity index (χ3v) is 8.30. The second kappa shape index (κ2) is 7.41. The van der Waals surface area contributed by atoms with Gasteiger partial charge in [-0.05, 0) is 67.4 Å². The van der Waals surface area contributed by atoms with E-state index < -0.39 is 0 Å². The standard InChI is InChI=1S/C30H29N3/c1-3-7-23(8-4-1)25-11-12-26(24-9-5-2-6-10-24)29-28(25)32-27(33-29)19-31-30-16-20-13-21(17-30)15-22(14-20)18-30/h1-12,19-22H,13-18H2,(H,32,33)/b31-19+. The van der Waals surface area contributed by atoms with Crippen LogP contribution in [0.4, 0.5) is 0 Å². The number of nitrogens with zero attached hydrogens (tertiary/aromatic N) is 2. The molecule has 0 unspecified atom stereocenters. The number of hydrogen-bond acceptors (Lipinski definition) is 2. The zero-order chi connectivity index (χ0) is 21.8.